The van der Waals surface area contributed by atoms with E-state index in [-0.39, 0.29) is 11.1 Å². The quantitative estimate of drug-likeness (QED) is 0.777. The minimum Gasteiger partial charge on any atom is -0.308 e. The number of nitrogens with one attached hydrogen (secondary N) is 1. The molecule has 1 atom stereocenters. The normalized spacial score (nSPS) is 30.2. The molecule has 0 amide bonds. The summed E-state index contributed by atoms with van der Waals surface area (Å²) >= 11 is 0. The first-order valence-electron chi connectivity index (χ1n) is 5.96. The van der Waals surface area contributed by atoms with E-state index in [2.05, 4.69) is 68.4 Å². The van der Waals surface area contributed by atoms with E-state index in [0.29, 0.717) is 0 Å². The van der Waals surface area contributed by atoms with Crippen LogP contribution in [-0.4, -0.2) is 30.6 Å². The molecule has 0 spiro atoms. The lowest BCUT2D eigenvalue weighted by Crippen LogP contribution is -2.64. The SMILES string of the molecule is CN1CC(C)(C)NCC1(C)c1ccccc1. The summed E-state index contributed by atoms with van der Waals surface area (Å²) < 4.78 is 0. The Balaban J connectivity index is 2.27. The van der Waals surface area contributed by atoms with E-state index in [1.54, 1.807) is 0 Å². The van der Waals surface area contributed by atoms with Crippen molar-refractivity contribution in [3.63, 3.8) is 0 Å². The average molecular weight is 218 g/mol. The van der Waals surface area contributed by atoms with E-state index in [4.69, 9.17) is 0 Å². The van der Waals surface area contributed by atoms with Gasteiger partial charge in [-0.25, -0.2) is 0 Å². The predicted octanol–water partition coefficient (Wildman–Crippen LogP) is 2.22. The maximum Gasteiger partial charge on any atom is 0.0555 e. The average Bonchev–Trinajstić information content (AvgIpc) is 2.25. The van der Waals surface area contributed by atoms with E-state index >= 15 is 0 Å². The Kier molecular flexibility index (Phi) is 2.81. The zero-order chi connectivity index (χ0) is 11.8. The van der Waals surface area contributed by atoms with Crippen LogP contribution in [0.1, 0.15) is 26.3 Å². The molecule has 2 heteroatoms. The Morgan fingerprint density at radius 1 is 1.12 bits per heavy atom. The van der Waals surface area contributed by atoms with Crippen molar-refractivity contribution in [2.75, 3.05) is 20.1 Å². The highest BCUT2D eigenvalue weighted by molar-refractivity contribution is 5.25. The molecule has 1 N–H and O–H groups in total. The number of hydrogen-bond donors (Lipinski definition) is 1. The second-order valence-electron chi connectivity index (χ2n) is 5.73. The van der Waals surface area contributed by atoms with E-state index in [9.17, 15) is 0 Å². The summed E-state index contributed by atoms with van der Waals surface area (Å²) in [5, 5.41) is 3.64. The fourth-order valence-electron chi connectivity index (χ4n) is 2.49. The number of rotatable bonds is 1. The molecule has 1 saturated heterocycles. The number of nitrogens with zero attached hydrogens (tertiary/aromatic N) is 1. The van der Waals surface area contributed by atoms with Gasteiger partial charge >= 0.3 is 0 Å². The highest BCUT2D eigenvalue weighted by Gasteiger charge is 2.39. The van der Waals surface area contributed by atoms with E-state index in [1.807, 2.05) is 0 Å². The van der Waals surface area contributed by atoms with E-state index in [1.165, 1.54) is 5.56 Å². The number of piperazine rings is 1. The molecule has 0 aromatic heterocycles. The summed E-state index contributed by atoms with van der Waals surface area (Å²) in [6.07, 6.45) is 0. The van der Waals surface area contributed by atoms with Gasteiger partial charge in [0.25, 0.3) is 0 Å². The van der Waals surface area contributed by atoms with E-state index < -0.39 is 0 Å². The fourth-order valence-corrected chi connectivity index (χ4v) is 2.49. The first kappa shape index (κ1) is 11.6. The van der Waals surface area contributed by atoms with Crippen molar-refractivity contribution in [2.24, 2.45) is 0 Å². The third-order valence-corrected chi connectivity index (χ3v) is 3.78. The van der Waals surface area contributed by atoms with Crippen molar-refractivity contribution in [2.45, 2.75) is 31.8 Å². The zero-order valence-corrected chi connectivity index (χ0v) is 10.7. The first-order chi connectivity index (χ1) is 7.44. The third kappa shape index (κ3) is 2.00. The van der Waals surface area contributed by atoms with Crippen molar-refractivity contribution >= 4 is 0 Å². The van der Waals surface area contributed by atoms with Gasteiger partial charge in [0.1, 0.15) is 0 Å². The third-order valence-electron chi connectivity index (χ3n) is 3.78. The van der Waals surface area contributed by atoms with Gasteiger partial charge in [-0.05, 0) is 33.4 Å². The molecule has 1 fully saturated rings. The monoisotopic (exact) mass is 218 g/mol. The lowest BCUT2D eigenvalue weighted by molar-refractivity contribution is 0.0486. The van der Waals surface area contributed by atoms with Crippen molar-refractivity contribution in [3.8, 4) is 0 Å². The molecule has 16 heavy (non-hydrogen) atoms. The number of hydrogen-bond acceptors (Lipinski definition) is 2. The van der Waals surface area contributed by atoms with Gasteiger partial charge in [-0.3, -0.25) is 4.90 Å². The minimum absolute atomic E-state index is 0.108. The van der Waals surface area contributed by atoms with Crippen molar-refractivity contribution in [1.82, 2.24) is 10.2 Å². The highest BCUT2D eigenvalue weighted by atomic mass is 15.3. The molecule has 0 aliphatic carbocycles. The van der Waals surface area contributed by atoms with Gasteiger partial charge in [-0.15, -0.1) is 0 Å². The van der Waals surface area contributed by atoms with Gasteiger partial charge in [-0.1, -0.05) is 30.3 Å². The van der Waals surface area contributed by atoms with Gasteiger partial charge in [0.05, 0.1) is 5.54 Å². The molecule has 1 heterocycles. The second kappa shape index (κ2) is 3.86. The van der Waals surface area contributed by atoms with Crippen molar-refractivity contribution < 1.29 is 0 Å². The smallest absolute Gasteiger partial charge is 0.0555 e. The Morgan fingerprint density at radius 3 is 2.31 bits per heavy atom. The molecule has 88 valence electrons. The van der Waals surface area contributed by atoms with Gasteiger partial charge < -0.3 is 5.32 Å². The van der Waals surface area contributed by atoms with Gasteiger partial charge in [0, 0.05) is 18.6 Å². The Bertz CT molecular complexity index is 358. The maximum atomic E-state index is 3.64. The van der Waals surface area contributed by atoms with Crippen LogP contribution < -0.4 is 5.32 Å². The highest BCUT2D eigenvalue weighted by Crippen LogP contribution is 2.31. The summed E-state index contributed by atoms with van der Waals surface area (Å²) in [6, 6.07) is 10.8. The summed E-state index contributed by atoms with van der Waals surface area (Å²) in [6.45, 7) is 8.89. The lowest BCUT2D eigenvalue weighted by Gasteiger charge is -2.50. The molecular weight excluding hydrogens is 196 g/mol. The molecule has 1 unspecified atom stereocenters. The summed E-state index contributed by atoms with van der Waals surface area (Å²) in [7, 11) is 2.22. The summed E-state index contributed by atoms with van der Waals surface area (Å²) in [4.78, 5) is 2.46. The van der Waals surface area contributed by atoms with Crippen LogP contribution in [0.15, 0.2) is 30.3 Å². The van der Waals surface area contributed by atoms with Crippen LogP contribution in [-0.2, 0) is 5.54 Å². The molecule has 0 bridgehead atoms. The van der Waals surface area contributed by atoms with Crippen LogP contribution in [0.5, 0.6) is 0 Å². The largest absolute Gasteiger partial charge is 0.308 e. The van der Waals surface area contributed by atoms with Gasteiger partial charge in [0.15, 0.2) is 0 Å². The van der Waals surface area contributed by atoms with Crippen LogP contribution in [0.25, 0.3) is 0 Å². The molecule has 0 saturated carbocycles. The molecule has 1 aliphatic rings. The standard InChI is InChI=1S/C14H22N2/c1-13(2)11-16(4)14(3,10-15-13)12-8-6-5-7-9-12/h5-9,15H,10-11H2,1-4H3. The van der Waals surface area contributed by atoms with Crippen LogP contribution >= 0.6 is 0 Å². The van der Waals surface area contributed by atoms with Crippen molar-refractivity contribution in [1.29, 1.82) is 0 Å². The van der Waals surface area contributed by atoms with Crippen LogP contribution in [0.4, 0.5) is 0 Å². The Labute approximate surface area is 98.7 Å². The molecule has 1 aromatic rings. The molecule has 1 aliphatic heterocycles. The first-order valence-corrected chi connectivity index (χ1v) is 5.96. The van der Waals surface area contributed by atoms with Crippen LogP contribution in [0.2, 0.25) is 0 Å². The summed E-state index contributed by atoms with van der Waals surface area (Å²) in [5.41, 5.74) is 1.71. The van der Waals surface area contributed by atoms with Gasteiger partial charge in [0.2, 0.25) is 0 Å². The Hall–Kier alpha value is -0.860. The van der Waals surface area contributed by atoms with Crippen LogP contribution in [0, 0.1) is 0 Å². The zero-order valence-electron chi connectivity index (χ0n) is 10.7. The molecule has 0 radical (unpaired) electrons. The number of likely N-dealkylation sites (N-methyl/N-ethyl adjacent to an activating group) is 1. The Morgan fingerprint density at radius 2 is 1.75 bits per heavy atom. The predicted molar refractivity (Wildman–Crippen MR) is 68.5 cm³/mol. The fraction of sp³-hybridized carbons (Fsp3) is 0.571. The van der Waals surface area contributed by atoms with Crippen molar-refractivity contribution in [3.05, 3.63) is 35.9 Å². The minimum atomic E-state index is 0.108. The molecule has 1 aromatic carbocycles. The topological polar surface area (TPSA) is 15.3 Å². The molecule has 2 nitrogen and oxygen atoms in total. The van der Waals surface area contributed by atoms with Gasteiger partial charge in [-0.2, -0.15) is 0 Å². The van der Waals surface area contributed by atoms with E-state index in [0.717, 1.165) is 13.1 Å². The summed E-state index contributed by atoms with van der Waals surface area (Å²) in [5.74, 6) is 0. The van der Waals surface area contributed by atoms with Crippen LogP contribution in [0.3, 0.4) is 0 Å². The second-order valence-corrected chi connectivity index (χ2v) is 5.73. The number of benzene rings is 1. The lowest BCUT2D eigenvalue weighted by atomic mass is 9.85. The molecular formula is C14H22N2. The molecule has 2 rings (SSSR count). The maximum absolute atomic E-state index is 3.64.